The van der Waals surface area contributed by atoms with Crippen LogP contribution >= 0.6 is 11.6 Å². The number of hydrogen-bond acceptors (Lipinski definition) is 4. The first-order valence-electron chi connectivity index (χ1n) is 6.04. The molecule has 1 rings (SSSR count). The zero-order chi connectivity index (χ0) is 15.0. The molecule has 0 bridgehead atoms. The lowest BCUT2D eigenvalue weighted by Gasteiger charge is -2.09. The number of benzene rings is 1. The first kappa shape index (κ1) is 16.3. The first-order valence-corrected chi connectivity index (χ1v) is 6.42. The maximum Gasteiger partial charge on any atom is 0.329 e. The summed E-state index contributed by atoms with van der Waals surface area (Å²) in [5, 5.41) is 11.3. The van der Waals surface area contributed by atoms with Gasteiger partial charge in [0.25, 0.3) is 0 Å². The lowest BCUT2D eigenvalue weighted by Crippen LogP contribution is -2.20. The fraction of sp³-hybridized carbons (Fsp3) is 0.385. The Labute approximate surface area is 121 Å². The number of aliphatic carboxylic acids is 1. The summed E-state index contributed by atoms with van der Waals surface area (Å²) >= 11 is 6.01. The van der Waals surface area contributed by atoms with E-state index in [0.29, 0.717) is 23.1 Å². The first-order chi connectivity index (χ1) is 9.52. The standard InChI is InChI=1S/C13H16ClNO5/c1-2-5-20-11-4-3-9(6-10(11)14)15-12(16)7-19-8-13(17)18/h3-4,6H,2,5,7-8H2,1H3,(H,15,16)(H,17,18). The zero-order valence-corrected chi connectivity index (χ0v) is 11.8. The van der Waals surface area contributed by atoms with Gasteiger partial charge < -0.3 is 19.9 Å². The number of carbonyl (C=O) groups excluding carboxylic acids is 1. The number of hydrogen-bond donors (Lipinski definition) is 2. The molecular weight excluding hydrogens is 286 g/mol. The molecule has 1 aromatic rings. The van der Waals surface area contributed by atoms with Crippen molar-refractivity contribution in [2.24, 2.45) is 0 Å². The Hall–Kier alpha value is -1.79. The van der Waals surface area contributed by atoms with E-state index in [2.05, 4.69) is 10.1 Å². The van der Waals surface area contributed by atoms with Crippen LogP contribution in [0.25, 0.3) is 0 Å². The molecule has 0 fully saturated rings. The fourth-order valence-electron chi connectivity index (χ4n) is 1.34. The minimum Gasteiger partial charge on any atom is -0.492 e. The number of carboxylic acids is 1. The zero-order valence-electron chi connectivity index (χ0n) is 11.0. The quantitative estimate of drug-likeness (QED) is 0.768. The molecule has 0 saturated heterocycles. The second-order valence-electron chi connectivity index (χ2n) is 3.93. The van der Waals surface area contributed by atoms with Gasteiger partial charge >= 0.3 is 5.97 Å². The molecule has 0 aliphatic carbocycles. The third-order valence-electron chi connectivity index (χ3n) is 2.14. The third-order valence-corrected chi connectivity index (χ3v) is 2.43. The molecule has 110 valence electrons. The average Bonchev–Trinajstić information content (AvgIpc) is 2.37. The van der Waals surface area contributed by atoms with Crippen molar-refractivity contribution >= 4 is 29.2 Å². The number of nitrogens with one attached hydrogen (secondary N) is 1. The van der Waals surface area contributed by atoms with Crippen LogP contribution in [0, 0.1) is 0 Å². The summed E-state index contributed by atoms with van der Waals surface area (Å²) in [6.07, 6.45) is 0.871. The molecule has 0 atom stereocenters. The number of anilines is 1. The van der Waals surface area contributed by atoms with Crippen LogP contribution in [-0.4, -0.2) is 36.8 Å². The highest BCUT2D eigenvalue weighted by atomic mass is 35.5. The molecule has 1 aromatic carbocycles. The Balaban J connectivity index is 2.49. The predicted octanol–water partition coefficient (Wildman–Crippen LogP) is 2.17. The van der Waals surface area contributed by atoms with Crippen LogP contribution in [0.4, 0.5) is 5.69 Å². The van der Waals surface area contributed by atoms with E-state index in [9.17, 15) is 9.59 Å². The van der Waals surface area contributed by atoms with Gasteiger partial charge in [0.15, 0.2) is 0 Å². The van der Waals surface area contributed by atoms with Gasteiger partial charge in [0, 0.05) is 5.69 Å². The van der Waals surface area contributed by atoms with Crippen molar-refractivity contribution < 1.29 is 24.2 Å². The Morgan fingerprint density at radius 1 is 1.35 bits per heavy atom. The summed E-state index contributed by atoms with van der Waals surface area (Å²) in [7, 11) is 0. The van der Waals surface area contributed by atoms with Gasteiger partial charge in [-0.1, -0.05) is 18.5 Å². The highest BCUT2D eigenvalue weighted by molar-refractivity contribution is 6.32. The van der Waals surface area contributed by atoms with Crippen LogP contribution in [0.2, 0.25) is 5.02 Å². The highest BCUT2D eigenvalue weighted by Gasteiger charge is 2.07. The van der Waals surface area contributed by atoms with Crippen LogP contribution in [0.15, 0.2) is 18.2 Å². The van der Waals surface area contributed by atoms with Crippen molar-refractivity contribution in [3.05, 3.63) is 23.2 Å². The Morgan fingerprint density at radius 3 is 2.70 bits per heavy atom. The SMILES string of the molecule is CCCOc1ccc(NC(=O)COCC(=O)O)cc1Cl. The summed E-state index contributed by atoms with van der Waals surface area (Å²) in [5.74, 6) is -1.03. The van der Waals surface area contributed by atoms with Gasteiger partial charge in [-0.25, -0.2) is 4.79 Å². The summed E-state index contributed by atoms with van der Waals surface area (Å²) in [4.78, 5) is 21.7. The van der Waals surface area contributed by atoms with Crippen LogP contribution in [0.3, 0.4) is 0 Å². The molecule has 20 heavy (non-hydrogen) atoms. The minimum atomic E-state index is -1.13. The number of amides is 1. The Kier molecular flexibility index (Phi) is 6.83. The number of halogens is 1. The second-order valence-corrected chi connectivity index (χ2v) is 4.34. The largest absolute Gasteiger partial charge is 0.492 e. The molecule has 0 aliphatic rings. The van der Waals surface area contributed by atoms with E-state index in [1.807, 2.05) is 6.92 Å². The predicted molar refractivity (Wildman–Crippen MR) is 74.3 cm³/mol. The lowest BCUT2D eigenvalue weighted by molar-refractivity contribution is -0.143. The van der Waals surface area contributed by atoms with Crippen molar-refractivity contribution in [3.63, 3.8) is 0 Å². The normalized spacial score (nSPS) is 10.1. The topological polar surface area (TPSA) is 84.9 Å². The van der Waals surface area contributed by atoms with Crippen molar-refractivity contribution in [1.82, 2.24) is 0 Å². The van der Waals surface area contributed by atoms with E-state index in [4.69, 9.17) is 21.4 Å². The average molecular weight is 302 g/mol. The molecule has 7 heteroatoms. The molecule has 0 aromatic heterocycles. The van der Waals surface area contributed by atoms with Crippen molar-refractivity contribution in [2.45, 2.75) is 13.3 Å². The van der Waals surface area contributed by atoms with Crippen LogP contribution in [-0.2, 0) is 14.3 Å². The molecule has 0 heterocycles. The van der Waals surface area contributed by atoms with E-state index < -0.39 is 18.5 Å². The molecule has 0 radical (unpaired) electrons. The van der Waals surface area contributed by atoms with Gasteiger partial charge in [0.05, 0.1) is 11.6 Å². The Bertz CT molecular complexity index is 478. The number of rotatable bonds is 8. The van der Waals surface area contributed by atoms with E-state index >= 15 is 0 Å². The van der Waals surface area contributed by atoms with Gasteiger partial charge in [-0.3, -0.25) is 4.79 Å². The third kappa shape index (κ3) is 5.90. The summed E-state index contributed by atoms with van der Waals surface area (Å²) in [5.41, 5.74) is 0.489. The fourth-order valence-corrected chi connectivity index (χ4v) is 1.57. The monoisotopic (exact) mass is 301 g/mol. The van der Waals surface area contributed by atoms with E-state index in [0.717, 1.165) is 6.42 Å². The van der Waals surface area contributed by atoms with E-state index in [-0.39, 0.29) is 6.61 Å². The van der Waals surface area contributed by atoms with Gasteiger partial charge in [-0.2, -0.15) is 0 Å². The van der Waals surface area contributed by atoms with Crippen molar-refractivity contribution in [3.8, 4) is 5.75 Å². The minimum absolute atomic E-state index is 0.335. The van der Waals surface area contributed by atoms with Gasteiger partial charge in [0.1, 0.15) is 19.0 Å². The summed E-state index contributed by atoms with van der Waals surface area (Å²) < 4.78 is 10.1. The van der Waals surface area contributed by atoms with Crippen molar-refractivity contribution in [1.29, 1.82) is 0 Å². The molecule has 0 unspecified atom stereocenters. The second kappa shape index (κ2) is 8.39. The maximum atomic E-state index is 11.5. The number of carbonyl (C=O) groups is 2. The molecule has 0 aliphatic heterocycles. The van der Waals surface area contributed by atoms with E-state index in [1.165, 1.54) is 0 Å². The smallest absolute Gasteiger partial charge is 0.329 e. The van der Waals surface area contributed by atoms with Gasteiger partial charge in [-0.15, -0.1) is 0 Å². The maximum absolute atomic E-state index is 11.5. The summed E-state index contributed by atoms with van der Waals surface area (Å²) in [6.45, 7) is 1.70. The molecule has 0 spiro atoms. The van der Waals surface area contributed by atoms with Gasteiger partial charge in [0.2, 0.25) is 5.91 Å². The van der Waals surface area contributed by atoms with Gasteiger partial charge in [-0.05, 0) is 24.6 Å². The van der Waals surface area contributed by atoms with Crippen LogP contribution < -0.4 is 10.1 Å². The van der Waals surface area contributed by atoms with Crippen molar-refractivity contribution in [2.75, 3.05) is 25.1 Å². The highest BCUT2D eigenvalue weighted by Crippen LogP contribution is 2.27. The Morgan fingerprint density at radius 2 is 2.10 bits per heavy atom. The van der Waals surface area contributed by atoms with Crippen LogP contribution in [0.5, 0.6) is 5.75 Å². The molecule has 1 amide bonds. The molecular formula is C13H16ClNO5. The number of ether oxygens (including phenoxy) is 2. The van der Waals surface area contributed by atoms with E-state index in [1.54, 1.807) is 18.2 Å². The van der Waals surface area contributed by atoms with Crippen LogP contribution in [0.1, 0.15) is 13.3 Å². The molecule has 0 saturated carbocycles. The molecule has 6 nitrogen and oxygen atoms in total. The number of carboxylic acid groups (broad SMARTS) is 1. The summed E-state index contributed by atoms with van der Waals surface area (Å²) in [6, 6.07) is 4.86. The molecule has 2 N–H and O–H groups in total. The lowest BCUT2D eigenvalue weighted by atomic mass is 10.3.